The molecule has 0 aromatic carbocycles. The average Bonchev–Trinajstić information content (AvgIpc) is 2.83. The minimum Gasteiger partial charge on any atom is -0.302 e. The Bertz CT molecular complexity index is 426. The van der Waals surface area contributed by atoms with E-state index in [1.54, 1.807) is 0 Å². The second kappa shape index (κ2) is 7.07. The summed E-state index contributed by atoms with van der Waals surface area (Å²) in [5, 5.41) is 1.10. The number of nitrogens with zero attached hydrogens (tertiary/aromatic N) is 3. The first-order valence-electron chi connectivity index (χ1n) is 6.25. The summed E-state index contributed by atoms with van der Waals surface area (Å²) in [4.78, 5) is 2.33. The highest BCUT2D eigenvalue weighted by atomic mass is 32.2. The summed E-state index contributed by atoms with van der Waals surface area (Å²) in [6.45, 7) is 5.88. The normalized spacial score (nSPS) is 16.6. The molecule has 98 valence electrons. The predicted octanol–water partition coefficient (Wildman–Crippen LogP) is 3.32. The molecule has 0 fully saturated rings. The lowest BCUT2D eigenvalue weighted by Crippen LogP contribution is -2.25. The first-order valence-corrected chi connectivity index (χ1v) is 7.97. The minimum absolute atomic E-state index is 0.992. The lowest BCUT2D eigenvalue weighted by Gasteiger charge is -2.22. The highest BCUT2D eigenvalue weighted by Crippen LogP contribution is 2.29. The Hall–Kier alpha value is -0.650. The Morgan fingerprint density at radius 1 is 1.56 bits per heavy atom. The fourth-order valence-corrected chi connectivity index (χ4v) is 3.61. The largest absolute Gasteiger partial charge is 0.302 e. The first-order chi connectivity index (χ1) is 8.81. The zero-order valence-electron chi connectivity index (χ0n) is 10.8. The second-order valence-electron chi connectivity index (χ2n) is 4.45. The van der Waals surface area contributed by atoms with Gasteiger partial charge in [-0.3, -0.25) is 0 Å². The van der Waals surface area contributed by atoms with Gasteiger partial charge in [0.05, 0.1) is 11.7 Å². The van der Waals surface area contributed by atoms with Gasteiger partial charge in [0.1, 0.15) is 10.7 Å². The molecule has 0 saturated carbocycles. The van der Waals surface area contributed by atoms with Gasteiger partial charge in [0.25, 0.3) is 0 Å². The van der Waals surface area contributed by atoms with Crippen molar-refractivity contribution in [3.8, 4) is 0 Å². The molecule has 18 heavy (non-hydrogen) atoms. The molecule has 0 aliphatic carbocycles. The van der Waals surface area contributed by atoms with Crippen molar-refractivity contribution >= 4 is 29.1 Å². The van der Waals surface area contributed by atoms with Crippen molar-refractivity contribution < 1.29 is 0 Å². The van der Waals surface area contributed by atoms with Crippen LogP contribution >= 0.6 is 23.5 Å². The maximum Gasteiger partial charge on any atom is 0.138 e. The molecule has 2 heterocycles. The highest BCUT2D eigenvalue weighted by molar-refractivity contribution is 7.99. The fraction of sp³-hybridized carbons (Fsp3) is 0.538. The van der Waals surface area contributed by atoms with Crippen LogP contribution in [0.4, 0.5) is 0 Å². The van der Waals surface area contributed by atoms with Gasteiger partial charge in [0, 0.05) is 13.1 Å². The van der Waals surface area contributed by atoms with E-state index in [9.17, 15) is 0 Å². The Balaban J connectivity index is 1.98. The van der Waals surface area contributed by atoms with E-state index in [0.717, 1.165) is 48.8 Å². The molecule has 1 aromatic heterocycles. The molecule has 3 nitrogen and oxygen atoms in total. The Morgan fingerprint density at radius 2 is 2.44 bits per heavy atom. The molecular weight excluding hydrogens is 262 g/mol. The smallest absolute Gasteiger partial charge is 0.138 e. The predicted molar refractivity (Wildman–Crippen MR) is 80.2 cm³/mol. The van der Waals surface area contributed by atoms with Crippen molar-refractivity contribution in [1.82, 2.24) is 13.6 Å². The molecule has 0 spiro atoms. The van der Waals surface area contributed by atoms with Crippen molar-refractivity contribution in [1.29, 1.82) is 0 Å². The third kappa shape index (κ3) is 3.67. The molecule has 1 aromatic rings. The lowest BCUT2D eigenvalue weighted by molar-refractivity contribution is 0.372. The van der Waals surface area contributed by atoms with Crippen molar-refractivity contribution in [3.05, 3.63) is 24.4 Å². The topological polar surface area (TPSA) is 29.0 Å². The molecule has 0 bridgehead atoms. The van der Waals surface area contributed by atoms with E-state index >= 15 is 0 Å². The average molecular weight is 281 g/mol. The maximum absolute atomic E-state index is 4.47. The van der Waals surface area contributed by atoms with E-state index in [4.69, 9.17) is 0 Å². The summed E-state index contributed by atoms with van der Waals surface area (Å²) in [5.74, 6) is 1.09. The molecule has 0 amide bonds. The zero-order valence-corrected chi connectivity index (χ0v) is 12.4. The van der Waals surface area contributed by atoms with Crippen LogP contribution in [-0.2, 0) is 0 Å². The van der Waals surface area contributed by atoms with Crippen LogP contribution in [0.15, 0.2) is 23.8 Å². The summed E-state index contributed by atoms with van der Waals surface area (Å²) in [6.07, 6.45) is 7.63. The van der Waals surface area contributed by atoms with E-state index in [-0.39, 0.29) is 0 Å². The number of hydrogen-bond donors (Lipinski definition) is 0. The molecule has 2 rings (SSSR count). The van der Waals surface area contributed by atoms with Crippen LogP contribution in [0.1, 0.15) is 25.0 Å². The van der Waals surface area contributed by atoms with Gasteiger partial charge >= 0.3 is 0 Å². The number of hydrogen-bond acceptors (Lipinski definition) is 5. The van der Waals surface area contributed by atoms with E-state index < -0.39 is 0 Å². The molecule has 0 N–H and O–H groups in total. The first kappa shape index (κ1) is 13.8. The number of rotatable bonds is 6. The zero-order chi connectivity index (χ0) is 12.8. The molecule has 1 aliphatic heterocycles. The van der Waals surface area contributed by atoms with Crippen molar-refractivity contribution in [2.24, 2.45) is 0 Å². The molecule has 0 atom stereocenters. The second-order valence-corrected chi connectivity index (χ2v) is 6.07. The van der Waals surface area contributed by atoms with Gasteiger partial charge in [0.15, 0.2) is 0 Å². The van der Waals surface area contributed by atoms with Crippen molar-refractivity contribution in [2.45, 2.75) is 24.3 Å². The summed E-state index contributed by atoms with van der Waals surface area (Å²) < 4.78 is 8.89. The summed E-state index contributed by atoms with van der Waals surface area (Å²) in [5.41, 5.74) is 2.44. The SMILES string of the molecule is C=CCCCSc1nsnc1C1=CCCN(C)C1. The monoisotopic (exact) mass is 281 g/mol. The van der Waals surface area contributed by atoms with Crippen LogP contribution < -0.4 is 0 Å². The van der Waals surface area contributed by atoms with E-state index in [1.807, 2.05) is 17.8 Å². The molecular formula is C13H19N3S2. The van der Waals surface area contributed by atoms with E-state index in [0.29, 0.717) is 0 Å². The lowest BCUT2D eigenvalue weighted by atomic mass is 10.1. The third-order valence-corrected chi connectivity index (χ3v) is 4.59. The number of unbranched alkanes of at least 4 members (excludes halogenated alkanes) is 1. The van der Waals surface area contributed by atoms with Crippen LogP contribution in [0.25, 0.3) is 5.57 Å². The quantitative estimate of drug-likeness (QED) is 0.454. The van der Waals surface area contributed by atoms with Gasteiger partial charge in [0.2, 0.25) is 0 Å². The Labute approximate surface area is 117 Å². The Morgan fingerprint density at radius 3 is 3.22 bits per heavy atom. The van der Waals surface area contributed by atoms with Gasteiger partial charge < -0.3 is 4.90 Å². The fourth-order valence-electron chi connectivity index (χ4n) is 1.93. The Kier molecular flexibility index (Phi) is 5.41. The summed E-state index contributed by atoms with van der Waals surface area (Å²) in [7, 11) is 2.16. The molecule has 0 unspecified atom stereocenters. The molecule has 5 heteroatoms. The number of thioether (sulfide) groups is 1. The van der Waals surface area contributed by atoms with Crippen molar-refractivity contribution in [2.75, 3.05) is 25.9 Å². The molecule has 0 radical (unpaired) electrons. The molecule has 0 saturated heterocycles. The van der Waals surface area contributed by atoms with Gasteiger partial charge in [-0.15, -0.1) is 18.3 Å². The maximum atomic E-state index is 4.47. The van der Waals surface area contributed by atoms with E-state index in [2.05, 4.69) is 33.3 Å². The van der Waals surface area contributed by atoms with Gasteiger partial charge in [-0.1, -0.05) is 12.2 Å². The van der Waals surface area contributed by atoms with Crippen LogP contribution in [0.2, 0.25) is 0 Å². The number of aromatic nitrogens is 2. The highest BCUT2D eigenvalue weighted by Gasteiger charge is 2.17. The van der Waals surface area contributed by atoms with Gasteiger partial charge in [-0.25, -0.2) is 0 Å². The van der Waals surface area contributed by atoms with Crippen LogP contribution in [0.5, 0.6) is 0 Å². The van der Waals surface area contributed by atoms with Gasteiger partial charge in [-0.05, 0) is 37.6 Å². The van der Waals surface area contributed by atoms with Crippen LogP contribution in [0.3, 0.4) is 0 Å². The van der Waals surface area contributed by atoms with E-state index in [1.165, 1.54) is 17.3 Å². The van der Waals surface area contributed by atoms with Gasteiger partial charge in [-0.2, -0.15) is 8.75 Å². The standard InChI is InChI=1S/C13H19N3S2/c1-3-4-5-9-17-13-12(14-18-15-13)11-7-6-8-16(2)10-11/h3,7H,1,4-6,8-10H2,2H3. The number of allylic oxidation sites excluding steroid dienone is 1. The minimum atomic E-state index is 0.992. The molecule has 1 aliphatic rings. The number of likely N-dealkylation sites (N-methyl/N-ethyl adjacent to an activating group) is 1. The van der Waals surface area contributed by atoms with Crippen LogP contribution in [-0.4, -0.2) is 39.5 Å². The van der Waals surface area contributed by atoms with Crippen molar-refractivity contribution in [3.63, 3.8) is 0 Å². The third-order valence-electron chi connectivity index (χ3n) is 2.90. The summed E-state index contributed by atoms with van der Waals surface area (Å²) in [6, 6.07) is 0. The summed E-state index contributed by atoms with van der Waals surface area (Å²) >= 11 is 3.14. The van der Waals surface area contributed by atoms with Crippen LogP contribution in [0, 0.1) is 0 Å².